The Morgan fingerprint density at radius 1 is 0.917 bits per heavy atom. The van der Waals surface area contributed by atoms with E-state index in [-0.39, 0.29) is 24.8 Å². The first-order valence-corrected chi connectivity index (χ1v) is 11.6. The number of carbonyl (C=O) groups excluding carboxylic acids is 1. The van der Waals surface area contributed by atoms with Crippen molar-refractivity contribution in [3.63, 3.8) is 0 Å². The van der Waals surface area contributed by atoms with Gasteiger partial charge in [0.1, 0.15) is 18.0 Å². The summed E-state index contributed by atoms with van der Waals surface area (Å²) in [6.07, 6.45) is 1.47. The Balaban J connectivity index is 1.46. The number of hydrogen-bond donors (Lipinski definition) is 1. The van der Waals surface area contributed by atoms with Gasteiger partial charge in [0.25, 0.3) is 0 Å². The molecule has 36 heavy (non-hydrogen) atoms. The summed E-state index contributed by atoms with van der Waals surface area (Å²) in [5, 5.41) is 7.44. The Kier molecular flexibility index (Phi) is 7.55. The molecular formula is C28H28F2N4O2. The second-order valence-corrected chi connectivity index (χ2v) is 9.51. The van der Waals surface area contributed by atoms with E-state index in [0.717, 1.165) is 5.56 Å². The van der Waals surface area contributed by atoms with Crippen LogP contribution in [0.4, 0.5) is 8.78 Å². The Morgan fingerprint density at radius 2 is 1.61 bits per heavy atom. The highest BCUT2D eigenvalue weighted by Crippen LogP contribution is 2.28. The average Bonchev–Trinajstić information content (AvgIpc) is 3.33. The molecule has 186 valence electrons. The lowest BCUT2D eigenvalue weighted by Gasteiger charge is -2.16. The summed E-state index contributed by atoms with van der Waals surface area (Å²) >= 11 is 0. The van der Waals surface area contributed by atoms with E-state index in [1.165, 1.54) is 23.1 Å². The number of nitrogens with zero attached hydrogens (tertiary/aromatic N) is 3. The van der Waals surface area contributed by atoms with E-state index in [1.807, 2.05) is 30.3 Å². The van der Waals surface area contributed by atoms with Crippen LogP contribution in [0.15, 0.2) is 73.1 Å². The van der Waals surface area contributed by atoms with Gasteiger partial charge in [0.05, 0.1) is 5.41 Å². The lowest BCUT2D eigenvalue weighted by atomic mass is 9.98. The van der Waals surface area contributed by atoms with Crippen LogP contribution in [0.2, 0.25) is 0 Å². The molecule has 4 aromatic rings. The maximum atomic E-state index is 14.8. The molecule has 0 fully saturated rings. The van der Waals surface area contributed by atoms with Crippen LogP contribution in [-0.2, 0) is 29.4 Å². The lowest BCUT2D eigenvalue weighted by Crippen LogP contribution is -2.24. The number of benzene rings is 3. The van der Waals surface area contributed by atoms with Gasteiger partial charge in [-0.1, -0.05) is 48.5 Å². The van der Waals surface area contributed by atoms with Gasteiger partial charge in [0, 0.05) is 24.2 Å². The zero-order valence-electron chi connectivity index (χ0n) is 20.5. The predicted octanol–water partition coefficient (Wildman–Crippen LogP) is 5.73. The Bertz CT molecular complexity index is 1320. The molecule has 6 nitrogen and oxygen atoms in total. The van der Waals surface area contributed by atoms with E-state index in [2.05, 4.69) is 15.4 Å². The SMILES string of the molecule is CC(C)(C)C(=O)OCn1cnc(-c2cccc(-c3cc(F)c(CNCc4ccccc4)c(F)c3)c2)n1. The Hall–Kier alpha value is -3.91. The van der Waals surface area contributed by atoms with Crippen LogP contribution in [0, 0.1) is 17.0 Å². The van der Waals surface area contributed by atoms with Crippen molar-refractivity contribution in [2.75, 3.05) is 0 Å². The number of halogens is 2. The summed E-state index contributed by atoms with van der Waals surface area (Å²) in [5.41, 5.74) is 2.13. The number of esters is 1. The number of ether oxygens (including phenoxy) is 1. The van der Waals surface area contributed by atoms with Gasteiger partial charge >= 0.3 is 5.97 Å². The predicted molar refractivity (Wildman–Crippen MR) is 133 cm³/mol. The minimum absolute atomic E-state index is 0.00366. The van der Waals surface area contributed by atoms with Gasteiger partial charge in [-0.05, 0) is 55.7 Å². The molecule has 0 radical (unpaired) electrons. The van der Waals surface area contributed by atoms with Crippen molar-refractivity contribution in [1.82, 2.24) is 20.1 Å². The fourth-order valence-corrected chi connectivity index (χ4v) is 3.53. The molecule has 8 heteroatoms. The van der Waals surface area contributed by atoms with Gasteiger partial charge in [0.2, 0.25) is 0 Å². The highest BCUT2D eigenvalue weighted by Gasteiger charge is 2.23. The number of carbonyl (C=O) groups is 1. The molecule has 1 aromatic heterocycles. The third kappa shape index (κ3) is 6.20. The summed E-state index contributed by atoms with van der Waals surface area (Å²) in [6.45, 7) is 5.85. The lowest BCUT2D eigenvalue weighted by molar-refractivity contribution is -0.157. The van der Waals surface area contributed by atoms with Gasteiger partial charge < -0.3 is 10.1 Å². The van der Waals surface area contributed by atoms with Crippen molar-refractivity contribution in [3.8, 4) is 22.5 Å². The van der Waals surface area contributed by atoms with Crippen molar-refractivity contribution in [1.29, 1.82) is 0 Å². The molecule has 1 N–H and O–H groups in total. The van der Waals surface area contributed by atoms with Gasteiger partial charge in [0.15, 0.2) is 12.6 Å². The Morgan fingerprint density at radius 3 is 2.31 bits per heavy atom. The molecular weight excluding hydrogens is 462 g/mol. The topological polar surface area (TPSA) is 69.0 Å². The molecule has 0 aliphatic carbocycles. The molecule has 0 spiro atoms. The number of nitrogens with one attached hydrogen (secondary N) is 1. The van der Waals surface area contributed by atoms with Crippen LogP contribution in [0.1, 0.15) is 31.9 Å². The van der Waals surface area contributed by atoms with Crippen LogP contribution in [0.25, 0.3) is 22.5 Å². The highest BCUT2D eigenvalue weighted by molar-refractivity contribution is 5.75. The Labute approximate surface area is 209 Å². The van der Waals surface area contributed by atoms with E-state index in [9.17, 15) is 13.6 Å². The maximum absolute atomic E-state index is 14.8. The van der Waals surface area contributed by atoms with Gasteiger partial charge in [-0.2, -0.15) is 0 Å². The number of rotatable bonds is 8. The van der Waals surface area contributed by atoms with Crippen LogP contribution in [0.3, 0.4) is 0 Å². The molecule has 0 aliphatic rings. The highest BCUT2D eigenvalue weighted by atomic mass is 19.1. The summed E-state index contributed by atoms with van der Waals surface area (Å²) in [5.74, 6) is -1.16. The molecule has 0 saturated heterocycles. The zero-order valence-corrected chi connectivity index (χ0v) is 20.5. The molecule has 0 saturated carbocycles. The van der Waals surface area contributed by atoms with Crippen molar-refractivity contribution >= 4 is 5.97 Å². The van der Waals surface area contributed by atoms with Crippen LogP contribution in [-0.4, -0.2) is 20.7 Å². The fraction of sp³-hybridized carbons (Fsp3) is 0.250. The second-order valence-electron chi connectivity index (χ2n) is 9.51. The minimum atomic E-state index is -0.615. The monoisotopic (exact) mass is 490 g/mol. The maximum Gasteiger partial charge on any atom is 0.313 e. The first-order valence-electron chi connectivity index (χ1n) is 11.6. The largest absolute Gasteiger partial charge is 0.442 e. The molecule has 0 atom stereocenters. The van der Waals surface area contributed by atoms with Crippen molar-refractivity contribution < 1.29 is 18.3 Å². The van der Waals surface area contributed by atoms with Crippen molar-refractivity contribution in [2.24, 2.45) is 5.41 Å². The molecule has 3 aromatic carbocycles. The average molecular weight is 491 g/mol. The van der Waals surface area contributed by atoms with E-state index in [1.54, 1.807) is 45.0 Å². The van der Waals surface area contributed by atoms with E-state index in [4.69, 9.17) is 4.74 Å². The molecule has 1 heterocycles. The molecule has 0 aliphatic heterocycles. The quantitative estimate of drug-likeness (QED) is 0.320. The van der Waals surface area contributed by atoms with Crippen LogP contribution >= 0.6 is 0 Å². The smallest absolute Gasteiger partial charge is 0.313 e. The first-order chi connectivity index (χ1) is 17.2. The number of aromatic nitrogens is 3. The second kappa shape index (κ2) is 10.8. The van der Waals surface area contributed by atoms with Crippen LogP contribution in [0.5, 0.6) is 0 Å². The molecule has 0 amide bonds. The molecule has 0 bridgehead atoms. The fourth-order valence-electron chi connectivity index (χ4n) is 3.53. The van der Waals surface area contributed by atoms with E-state index >= 15 is 0 Å². The number of hydrogen-bond acceptors (Lipinski definition) is 5. The van der Waals surface area contributed by atoms with Crippen LogP contribution < -0.4 is 5.32 Å². The zero-order chi connectivity index (χ0) is 25.7. The normalized spacial score (nSPS) is 11.5. The molecule has 4 rings (SSSR count). The summed E-state index contributed by atoms with van der Waals surface area (Å²) in [6, 6.07) is 19.4. The van der Waals surface area contributed by atoms with Gasteiger partial charge in [-0.15, -0.1) is 5.10 Å². The third-order valence-electron chi connectivity index (χ3n) is 5.55. The molecule has 0 unspecified atom stereocenters. The van der Waals surface area contributed by atoms with Gasteiger partial charge in [-0.25, -0.2) is 18.4 Å². The standard InChI is InChI=1S/C28H28F2N4O2/c1-28(2,3)27(35)36-18-34-17-32-26(33-34)21-11-7-10-20(12-21)22-13-24(29)23(25(30)14-22)16-31-15-19-8-5-4-6-9-19/h4-14,17,31H,15-16,18H2,1-3H3. The third-order valence-corrected chi connectivity index (χ3v) is 5.55. The summed E-state index contributed by atoms with van der Waals surface area (Å²) < 4.78 is 36.3. The van der Waals surface area contributed by atoms with Crippen molar-refractivity contribution in [2.45, 2.75) is 40.6 Å². The minimum Gasteiger partial charge on any atom is -0.442 e. The van der Waals surface area contributed by atoms with E-state index < -0.39 is 17.0 Å². The summed E-state index contributed by atoms with van der Waals surface area (Å²) in [4.78, 5) is 16.2. The van der Waals surface area contributed by atoms with Crippen molar-refractivity contribution in [3.05, 3.63) is 95.8 Å². The first kappa shape index (κ1) is 25.2. The summed E-state index contributed by atoms with van der Waals surface area (Å²) in [7, 11) is 0. The van der Waals surface area contributed by atoms with Gasteiger partial charge in [-0.3, -0.25) is 4.79 Å². The van der Waals surface area contributed by atoms with E-state index in [0.29, 0.717) is 29.1 Å².